The molecule has 10 rings (SSSR count). The molecule has 8 aromatic rings. The monoisotopic (exact) mass is 1130 g/mol. The molecule has 2 fully saturated rings. The Morgan fingerprint density at radius 1 is 0.482 bits per heavy atom. The lowest BCUT2D eigenvalue weighted by molar-refractivity contribution is -0.152. The minimum atomic E-state index is -1.79. The Hall–Kier alpha value is -9.55. The summed E-state index contributed by atoms with van der Waals surface area (Å²) in [6.07, 6.45) is 4.05. The van der Waals surface area contributed by atoms with E-state index in [2.05, 4.69) is 9.97 Å². The van der Waals surface area contributed by atoms with E-state index in [-0.39, 0.29) is 48.2 Å². The van der Waals surface area contributed by atoms with Crippen molar-refractivity contribution >= 4 is 56.9 Å². The van der Waals surface area contributed by atoms with Gasteiger partial charge in [-0.3, -0.25) is 33.9 Å². The van der Waals surface area contributed by atoms with E-state index in [1.807, 2.05) is 85.8 Å². The molecule has 2 heterocycles. The quantitative estimate of drug-likeness (QED) is 0.0504. The van der Waals surface area contributed by atoms with Crippen molar-refractivity contribution in [3.05, 3.63) is 179 Å². The summed E-state index contributed by atoms with van der Waals surface area (Å²) in [5, 5.41) is 25.7. The van der Waals surface area contributed by atoms with E-state index >= 15 is 0 Å². The highest BCUT2D eigenvalue weighted by molar-refractivity contribution is 6.11. The molecule has 18 heteroatoms. The summed E-state index contributed by atoms with van der Waals surface area (Å²) in [7, 11) is 6.31. The first-order valence-corrected chi connectivity index (χ1v) is 26.5. The molecule has 2 aromatic heterocycles. The third-order valence-corrected chi connectivity index (χ3v) is 14.5. The van der Waals surface area contributed by atoms with Gasteiger partial charge >= 0.3 is 11.9 Å². The minimum Gasteiger partial charge on any atom is -0.493 e. The molecule has 0 amide bonds. The second-order valence-corrected chi connectivity index (χ2v) is 20.2. The molecule has 2 saturated carbocycles. The molecular weight excluding hydrogens is 1070 g/mol. The fourth-order valence-corrected chi connectivity index (χ4v) is 9.33. The van der Waals surface area contributed by atoms with Crippen LogP contribution in [0.1, 0.15) is 59.9 Å². The second-order valence-electron chi connectivity index (χ2n) is 20.2. The Balaban J connectivity index is 0.000000189. The van der Waals surface area contributed by atoms with Gasteiger partial charge in [0.25, 0.3) is 0 Å². The average Bonchev–Trinajstić information content (AvgIpc) is 4.51. The number of aliphatic carboxylic acids is 2. The van der Waals surface area contributed by atoms with Crippen molar-refractivity contribution < 1.29 is 76.9 Å². The summed E-state index contributed by atoms with van der Waals surface area (Å²) >= 11 is 0. The SMILES string of the molecule is COc1cc2nccc(Oc3ccc(CC(=O)C4(C(=O)Cc5ccc(C)cc5)CC4)cc3)c2cc1OC.COc1cc2nccc(Oc3ccc(CC(=O)C4(C(=O)Cc5ccc(F)cc5)CC4)cc3)c2cc1OC.O=C(O)C[C@H](O)C(=O)O. The summed E-state index contributed by atoms with van der Waals surface area (Å²) in [4.78, 5) is 80.3. The molecule has 0 aliphatic heterocycles. The number of aryl methyl sites for hydroxylation is 1. The number of aliphatic hydroxyl groups excluding tert-OH is 1. The normalized spacial score (nSPS) is 13.6. The predicted molar refractivity (Wildman–Crippen MR) is 304 cm³/mol. The number of methoxy groups -OCH3 is 4. The second kappa shape index (κ2) is 26.4. The van der Waals surface area contributed by atoms with E-state index in [1.54, 1.807) is 83.3 Å². The average molecular weight is 1130 g/mol. The Bertz CT molecular complexity index is 3450. The van der Waals surface area contributed by atoms with Crippen LogP contribution in [0.15, 0.2) is 146 Å². The van der Waals surface area contributed by atoms with Crippen LogP contribution in [-0.2, 0) is 54.5 Å². The van der Waals surface area contributed by atoms with Gasteiger partial charge < -0.3 is 43.7 Å². The lowest BCUT2D eigenvalue weighted by Crippen LogP contribution is -2.28. The van der Waals surface area contributed by atoms with Crippen molar-refractivity contribution in [1.82, 2.24) is 9.97 Å². The maximum atomic E-state index is 13.2. The number of pyridine rings is 2. The number of rotatable bonds is 23. The largest absolute Gasteiger partial charge is 0.493 e. The van der Waals surface area contributed by atoms with E-state index in [4.69, 9.17) is 43.7 Å². The molecule has 0 bridgehead atoms. The first-order chi connectivity index (χ1) is 39.9. The highest BCUT2D eigenvalue weighted by Gasteiger charge is 2.55. The number of ketones is 4. The van der Waals surface area contributed by atoms with Gasteiger partial charge in [-0.1, -0.05) is 66.2 Å². The van der Waals surface area contributed by atoms with Crippen molar-refractivity contribution in [2.24, 2.45) is 10.8 Å². The number of aromatic nitrogens is 2. The number of aliphatic hydroxyl groups is 1. The van der Waals surface area contributed by atoms with E-state index in [0.717, 1.165) is 38.5 Å². The minimum absolute atomic E-state index is 0.000509. The van der Waals surface area contributed by atoms with Crippen LogP contribution in [-0.4, -0.2) is 94.9 Å². The maximum absolute atomic E-state index is 13.2. The predicted octanol–water partition coefficient (Wildman–Crippen LogP) is 10.8. The van der Waals surface area contributed by atoms with Crippen LogP contribution in [0.2, 0.25) is 0 Å². The van der Waals surface area contributed by atoms with Crippen LogP contribution < -0.4 is 28.4 Å². The summed E-state index contributed by atoms with van der Waals surface area (Å²) in [5.41, 5.74) is 4.18. The number of Topliss-reactive ketones (excluding diaryl/α,β-unsaturated/α-hetero) is 4. The molecule has 6 aromatic carbocycles. The lowest BCUT2D eigenvalue weighted by Gasteiger charge is -2.14. The molecule has 428 valence electrons. The smallest absolute Gasteiger partial charge is 0.333 e. The van der Waals surface area contributed by atoms with Crippen molar-refractivity contribution in [3.63, 3.8) is 0 Å². The molecule has 2 aliphatic carbocycles. The Morgan fingerprint density at radius 2 is 0.807 bits per heavy atom. The highest BCUT2D eigenvalue weighted by atomic mass is 19.1. The number of ether oxygens (including phenoxy) is 6. The highest BCUT2D eigenvalue weighted by Crippen LogP contribution is 2.50. The fourth-order valence-electron chi connectivity index (χ4n) is 9.33. The molecule has 0 saturated heterocycles. The van der Waals surface area contributed by atoms with Gasteiger partial charge in [0, 0.05) is 61.0 Å². The number of carboxylic acids is 2. The van der Waals surface area contributed by atoms with Gasteiger partial charge in [0.2, 0.25) is 0 Å². The number of hydrogen-bond donors (Lipinski definition) is 3. The summed E-state index contributed by atoms with van der Waals surface area (Å²) < 4.78 is 47.0. The molecule has 17 nitrogen and oxygen atoms in total. The Morgan fingerprint density at radius 3 is 1.11 bits per heavy atom. The van der Waals surface area contributed by atoms with E-state index in [0.29, 0.717) is 89.2 Å². The van der Waals surface area contributed by atoms with Crippen molar-refractivity contribution in [1.29, 1.82) is 0 Å². The van der Waals surface area contributed by atoms with Gasteiger partial charge in [-0.05, 0) is 116 Å². The topological polar surface area (TPSA) is 244 Å². The van der Waals surface area contributed by atoms with E-state index in [1.165, 1.54) is 12.1 Å². The summed E-state index contributed by atoms with van der Waals surface area (Å²) in [5.74, 6) is 1.48. The van der Waals surface area contributed by atoms with Crippen molar-refractivity contribution in [2.45, 2.75) is 70.8 Å². The lowest BCUT2D eigenvalue weighted by atomic mass is 9.88. The molecule has 3 N–H and O–H groups in total. The first-order valence-electron chi connectivity index (χ1n) is 26.5. The number of hydrogen-bond acceptors (Lipinski definition) is 15. The van der Waals surface area contributed by atoms with Crippen molar-refractivity contribution in [3.8, 4) is 46.0 Å². The Labute approximate surface area is 477 Å². The zero-order chi connectivity index (χ0) is 59.4. The van der Waals surface area contributed by atoms with Gasteiger partial charge in [-0.25, -0.2) is 9.18 Å². The number of carboxylic acid groups (broad SMARTS) is 2. The number of halogens is 1. The molecule has 0 radical (unpaired) electrons. The van der Waals surface area contributed by atoms with Gasteiger partial charge in [0.05, 0.1) is 56.7 Å². The van der Waals surface area contributed by atoms with Crippen molar-refractivity contribution in [2.75, 3.05) is 28.4 Å². The Kier molecular flexibility index (Phi) is 18.9. The zero-order valence-corrected chi connectivity index (χ0v) is 46.3. The standard InChI is InChI=1S/C31H29NO5.C30H26FNO5.C4H6O5/c1-20-4-6-21(7-5-20)16-29(33)31(13-14-31)30(34)17-22-8-10-23(11-9-22)37-26-12-15-32-25-19-28(36-3)27(35-2)18-24(25)26;1-35-26-17-23-24(18-27(26)36-2)32-14-11-25(23)37-22-9-5-20(6-10-22)16-29(34)30(12-13-30)28(33)15-19-3-7-21(31)8-4-19;5-2(4(8)9)1-3(6)7/h4-12,15,18-19H,13-14,16-17H2,1-3H3;3-11,14,17-18H,12-13,15-16H2,1-2H3;2,5H,1H2,(H,6,7)(H,8,9)/t;;2-/m..0/s1. The van der Waals surface area contributed by atoms with Gasteiger partial charge in [0.15, 0.2) is 52.2 Å². The van der Waals surface area contributed by atoms with Crippen LogP contribution in [0, 0.1) is 23.6 Å². The van der Waals surface area contributed by atoms with Gasteiger partial charge in [-0.2, -0.15) is 0 Å². The number of fused-ring (bicyclic) bond motifs is 2. The third kappa shape index (κ3) is 14.7. The van der Waals surface area contributed by atoms with E-state index < -0.39 is 35.3 Å². The van der Waals surface area contributed by atoms with Crippen LogP contribution >= 0.6 is 0 Å². The molecular formula is C65H61FN2O15. The molecule has 1 atom stereocenters. The van der Waals surface area contributed by atoms with Crippen LogP contribution in [0.25, 0.3) is 21.8 Å². The summed E-state index contributed by atoms with van der Waals surface area (Å²) in [6, 6.07) is 39.3. The van der Waals surface area contributed by atoms with Crippen LogP contribution in [0.5, 0.6) is 46.0 Å². The molecule has 2 aliphatic rings. The molecule has 83 heavy (non-hydrogen) atoms. The fraction of sp³-hybridized carbons (Fsp3) is 0.262. The zero-order valence-electron chi connectivity index (χ0n) is 46.3. The number of nitrogens with zero attached hydrogens (tertiary/aromatic N) is 2. The summed E-state index contributed by atoms with van der Waals surface area (Å²) in [6.45, 7) is 2.02. The maximum Gasteiger partial charge on any atom is 0.333 e. The molecule has 0 unspecified atom stereocenters. The molecule has 0 spiro atoms. The van der Waals surface area contributed by atoms with Gasteiger partial charge in [0.1, 0.15) is 28.8 Å². The number of benzene rings is 6. The first kappa shape index (κ1) is 59.6. The van der Waals surface area contributed by atoms with Crippen LogP contribution in [0.4, 0.5) is 4.39 Å². The number of carbonyl (C=O) groups excluding carboxylic acids is 4. The third-order valence-electron chi connectivity index (χ3n) is 14.5. The van der Waals surface area contributed by atoms with Crippen LogP contribution in [0.3, 0.4) is 0 Å². The van der Waals surface area contributed by atoms with E-state index in [9.17, 15) is 33.2 Å². The van der Waals surface area contributed by atoms with Gasteiger partial charge in [-0.15, -0.1) is 0 Å². The number of carbonyl (C=O) groups is 6.